The zero-order valence-electron chi connectivity index (χ0n) is 18.2. The molecule has 1 unspecified atom stereocenters. The fourth-order valence-electron chi connectivity index (χ4n) is 4.22. The van der Waals surface area contributed by atoms with Gasteiger partial charge in [0.2, 0.25) is 0 Å². The fraction of sp³-hybridized carbons (Fsp3) is 0.545. The summed E-state index contributed by atoms with van der Waals surface area (Å²) in [5, 5.41) is 9.66. The summed E-state index contributed by atoms with van der Waals surface area (Å²) in [6.07, 6.45) is 4.04. The molecule has 1 amide bonds. The van der Waals surface area contributed by atoms with Crippen molar-refractivity contribution in [1.82, 2.24) is 9.47 Å². The molecule has 6 nitrogen and oxygen atoms in total. The molecule has 160 valence electrons. The highest BCUT2D eigenvalue weighted by molar-refractivity contribution is 8.26. The molecule has 0 saturated carbocycles. The van der Waals surface area contributed by atoms with Crippen molar-refractivity contribution in [3.63, 3.8) is 0 Å². The maximum Gasteiger partial charge on any atom is 0.270 e. The second-order valence-electron chi connectivity index (χ2n) is 8.24. The minimum absolute atomic E-state index is 0.0221. The van der Waals surface area contributed by atoms with Crippen LogP contribution in [0.3, 0.4) is 0 Å². The van der Waals surface area contributed by atoms with Gasteiger partial charge in [-0.3, -0.25) is 19.1 Å². The van der Waals surface area contributed by atoms with Gasteiger partial charge in [-0.25, -0.2) is 0 Å². The summed E-state index contributed by atoms with van der Waals surface area (Å²) in [5.41, 5.74) is 1.26. The lowest BCUT2D eigenvalue weighted by molar-refractivity contribution is -0.123. The topological polar surface area (TPSA) is 69.3 Å². The predicted molar refractivity (Wildman–Crippen MR) is 127 cm³/mol. The molecule has 2 saturated heterocycles. The van der Waals surface area contributed by atoms with E-state index in [0.717, 1.165) is 37.3 Å². The van der Waals surface area contributed by atoms with Crippen molar-refractivity contribution >= 4 is 46.1 Å². The van der Waals surface area contributed by atoms with Gasteiger partial charge in [0, 0.05) is 31.2 Å². The molecule has 1 aromatic heterocycles. The summed E-state index contributed by atoms with van der Waals surface area (Å²) in [7, 11) is 0. The number of thiocarbonyl (C=S) groups is 1. The molecule has 3 rings (SSSR count). The SMILES string of the molecule is CCn1c(N2CCCC(C)C2)c(/C=C2\SC(=S)N(C(C)C)C2=O)c(C)c(C#N)c1=O. The van der Waals surface area contributed by atoms with Gasteiger partial charge in [0.25, 0.3) is 11.5 Å². The van der Waals surface area contributed by atoms with Crippen LogP contribution in [-0.2, 0) is 11.3 Å². The van der Waals surface area contributed by atoms with Gasteiger partial charge in [-0.1, -0.05) is 30.9 Å². The van der Waals surface area contributed by atoms with Gasteiger partial charge in [-0.05, 0) is 58.1 Å². The number of pyridine rings is 1. The summed E-state index contributed by atoms with van der Waals surface area (Å²) >= 11 is 6.70. The van der Waals surface area contributed by atoms with Crippen LogP contribution in [0.4, 0.5) is 5.82 Å². The van der Waals surface area contributed by atoms with E-state index in [9.17, 15) is 14.9 Å². The number of carbonyl (C=O) groups is 1. The van der Waals surface area contributed by atoms with Gasteiger partial charge in [-0.2, -0.15) is 5.26 Å². The smallest absolute Gasteiger partial charge is 0.270 e. The third-order valence-electron chi connectivity index (χ3n) is 5.73. The Labute approximate surface area is 187 Å². The number of hydrogen-bond donors (Lipinski definition) is 0. The van der Waals surface area contributed by atoms with Crippen LogP contribution in [0.15, 0.2) is 9.70 Å². The molecule has 0 radical (unpaired) electrons. The number of carbonyl (C=O) groups excluding carboxylic acids is 1. The Morgan fingerprint density at radius 1 is 1.37 bits per heavy atom. The third-order valence-corrected chi connectivity index (χ3v) is 7.06. The Kier molecular flexibility index (Phi) is 6.73. The largest absolute Gasteiger partial charge is 0.357 e. The second kappa shape index (κ2) is 8.94. The van der Waals surface area contributed by atoms with Gasteiger partial charge in [0.1, 0.15) is 21.8 Å². The van der Waals surface area contributed by atoms with Crippen molar-refractivity contribution in [3.8, 4) is 6.07 Å². The molecule has 0 N–H and O–H groups in total. The molecule has 2 aliphatic heterocycles. The number of nitriles is 1. The van der Waals surface area contributed by atoms with Crippen LogP contribution in [0.1, 0.15) is 57.2 Å². The lowest BCUT2D eigenvalue weighted by Crippen LogP contribution is -2.40. The van der Waals surface area contributed by atoms with Crippen LogP contribution in [-0.4, -0.2) is 38.8 Å². The van der Waals surface area contributed by atoms with Crippen LogP contribution in [0.2, 0.25) is 0 Å². The summed E-state index contributed by atoms with van der Waals surface area (Å²) in [4.78, 5) is 30.4. The van der Waals surface area contributed by atoms with Crippen LogP contribution < -0.4 is 10.5 Å². The predicted octanol–water partition coefficient (Wildman–Crippen LogP) is 3.89. The van der Waals surface area contributed by atoms with E-state index in [2.05, 4.69) is 17.9 Å². The first-order valence-electron chi connectivity index (χ1n) is 10.4. The molecule has 8 heteroatoms. The Hall–Kier alpha value is -2.11. The van der Waals surface area contributed by atoms with Crippen LogP contribution in [0.25, 0.3) is 6.08 Å². The number of rotatable bonds is 4. The Morgan fingerprint density at radius 3 is 2.60 bits per heavy atom. The van der Waals surface area contributed by atoms with Gasteiger partial charge in [-0.15, -0.1) is 0 Å². The molecule has 0 spiro atoms. The van der Waals surface area contributed by atoms with E-state index in [-0.39, 0.29) is 23.1 Å². The number of aromatic nitrogens is 1. The van der Waals surface area contributed by atoms with E-state index in [4.69, 9.17) is 12.2 Å². The Morgan fingerprint density at radius 2 is 2.07 bits per heavy atom. The van der Waals surface area contributed by atoms with E-state index in [1.54, 1.807) is 16.4 Å². The van der Waals surface area contributed by atoms with E-state index in [1.165, 1.54) is 11.8 Å². The number of nitrogens with zero attached hydrogens (tertiary/aromatic N) is 4. The first-order chi connectivity index (χ1) is 14.2. The number of anilines is 1. The van der Waals surface area contributed by atoms with Crippen molar-refractivity contribution in [1.29, 1.82) is 5.26 Å². The molecule has 1 aromatic rings. The number of thioether (sulfide) groups is 1. The first kappa shape index (κ1) is 22.6. The maximum atomic E-state index is 13.0. The van der Waals surface area contributed by atoms with Crippen LogP contribution >= 0.6 is 24.0 Å². The summed E-state index contributed by atoms with van der Waals surface area (Å²) in [6.45, 7) is 11.9. The Balaban J connectivity index is 2.25. The average Bonchev–Trinajstić information content (AvgIpc) is 2.97. The van der Waals surface area contributed by atoms with Crippen LogP contribution in [0.5, 0.6) is 0 Å². The molecule has 0 aromatic carbocycles. The zero-order valence-corrected chi connectivity index (χ0v) is 19.8. The van der Waals surface area contributed by atoms with E-state index >= 15 is 0 Å². The summed E-state index contributed by atoms with van der Waals surface area (Å²) in [5.74, 6) is 1.20. The Bertz CT molecular complexity index is 1020. The maximum absolute atomic E-state index is 13.0. The van der Waals surface area contributed by atoms with E-state index in [1.807, 2.05) is 26.8 Å². The van der Waals surface area contributed by atoms with Crippen molar-refractivity contribution in [3.05, 3.63) is 31.9 Å². The lowest BCUT2D eigenvalue weighted by Gasteiger charge is -2.35. The first-order valence-corrected chi connectivity index (χ1v) is 11.6. The zero-order chi connectivity index (χ0) is 22.2. The molecular weight excluding hydrogens is 416 g/mol. The quantitative estimate of drug-likeness (QED) is 0.518. The minimum atomic E-state index is -0.266. The van der Waals surface area contributed by atoms with Crippen LogP contribution in [0, 0.1) is 24.2 Å². The molecule has 30 heavy (non-hydrogen) atoms. The van der Waals surface area contributed by atoms with Crippen molar-refractivity contribution < 1.29 is 4.79 Å². The number of hydrogen-bond acceptors (Lipinski definition) is 6. The highest BCUT2D eigenvalue weighted by atomic mass is 32.2. The highest BCUT2D eigenvalue weighted by Gasteiger charge is 2.35. The normalized spacial score (nSPS) is 21.1. The van der Waals surface area contributed by atoms with Gasteiger partial charge < -0.3 is 4.90 Å². The monoisotopic (exact) mass is 444 g/mol. The fourth-order valence-corrected chi connectivity index (χ4v) is 5.72. The minimum Gasteiger partial charge on any atom is -0.357 e. The van der Waals surface area contributed by atoms with E-state index < -0.39 is 0 Å². The summed E-state index contributed by atoms with van der Waals surface area (Å²) < 4.78 is 2.22. The second-order valence-corrected chi connectivity index (χ2v) is 9.91. The molecule has 0 bridgehead atoms. The molecule has 3 heterocycles. The molecule has 1 atom stereocenters. The highest BCUT2D eigenvalue weighted by Crippen LogP contribution is 2.37. The summed E-state index contributed by atoms with van der Waals surface area (Å²) in [6, 6.07) is 2.06. The molecule has 2 fully saturated rings. The van der Waals surface area contributed by atoms with Crippen molar-refractivity contribution in [2.24, 2.45) is 5.92 Å². The lowest BCUT2D eigenvalue weighted by atomic mass is 9.98. The molecule has 0 aliphatic carbocycles. The average molecular weight is 445 g/mol. The molecule has 2 aliphatic rings. The number of piperidine rings is 1. The third kappa shape index (κ3) is 3.93. The van der Waals surface area contributed by atoms with Gasteiger partial charge >= 0.3 is 0 Å². The molecular formula is C22H28N4O2S2. The van der Waals surface area contributed by atoms with Crippen molar-refractivity contribution in [2.75, 3.05) is 18.0 Å². The van der Waals surface area contributed by atoms with E-state index in [0.29, 0.717) is 27.3 Å². The number of amides is 1. The van der Waals surface area contributed by atoms with Gasteiger partial charge in [0.05, 0.1) is 4.91 Å². The standard InChI is InChI=1S/C22H28N4O2S2/c1-6-25-19(24-9-7-8-14(4)12-24)16(15(5)17(11-23)20(25)27)10-18-21(28)26(13(2)3)22(29)30-18/h10,13-14H,6-9,12H2,1-5H3/b18-10-. The van der Waals surface area contributed by atoms with Crippen molar-refractivity contribution in [2.45, 2.75) is 60.0 Å². The van der Waals surface area contributed by atoms with Gasteiger partial charge in [0.15, 0.2) is 0 Å².